The molecule has 0 amide bonds. The fourth-order valence-corrected chi connectivity index (χ4v) is 1.38. The maximum Gasteiger partial charge on any atom is 0.185 e. The number of aryl methyl sites for hydroxylation is 2. The van der Waals surface area contributed by atoms with E-state index < -0.39 is 0 Å². The van der Waals surface area contributed by atoms with Crippen LogP contribution in [-0.4, -0.2) is 0 Å². The fourth-order valence-electron chi connectivity index (χ4n) is 1.38. The summed E-state index contributed by atoms with van der Waals surface area (Å²) in [6, 6.07) is 5.70. The number of hydrogen-bond acceptors (Lipinski definition) is 1. The number of aromatic nitrogens is 1. The van der Waals surface area contributed by atoms with E-state index in [4.69, 9.17) is 0 Å². The maximum atomic E-state index is 11.6. The molecule has 0 saturated heterocycles. The molecule has 0 saturated carbocycles. The van der Waals surface area contributed by atoms with E-state index in [9.17, 15) is 4.79 Å². The molecule has 0 aliphatic carbocycles. The first kappa shape index (κ1) is 11.6. The van der Waals surface area contributed by atoms with Crippen molar-refractivity contribution in [1.82, 2.24) is 4.98 Å². The van der Waals surface area contributed by atoms with Crippen LogP contribution in [0.5, 0.6) is 0 Å². The monoisotopic (exact) mass is 261 g/mol. The number of fused-ring (bicyclic) bond motifs is 1. The van der Waals surface area contributed by atoms with Crippen molar-refractivity contribution in [2.24, 2.45) is 0 Å². The molecular weight excluding hydrogens is 251 g/mol. The van der Waals surface area contributed by atoms with Crippen LogP contribution in [0.25, 0.3) is 10.9 Å². The largest absolute Gasteiger partial charge is 0.663 e. The molecule has 2 rings (SSSR count). The Morgan fingerprint density at radius 2 is 1.93 bits per heavy atom. The Morgan fingerprint density at radius 3 is 2.64 bits per heavy atom. The van der Waals surface area contributed by atoms with Crippen molar-refractivity contribution in [3.63, 3.8) is 0 Å². The summed E-state index contributed by atoms with van der Waals surface area (Å²) in [6.45, 7) is 3.78. The summed E-state index contributed by atoms with van der Waals surface area (Å²) >= 11 is 0. The summed E-state index contributed by atoms with van der Waals surface area (Å²) in [6.07, 6.45) is 1.63. The van der Waals surface area contributed by atoms with Gasteiger partial charge in [-0.1, -0.05) is 23.8 Å². The van der Waals surface area contributed by atoms with Gasteiger partial charge in [0.2, 0.25) is 0 Å². The summed E-state index contributed by atoms with van der Waals surface area (Å²) in [5, 5.41) is 0.714. The van der Waals surface area contributed by atoms with E-state index in [0.29, 0.717) is 10.9 Å². The number of benzene rings is 1. The van der Waals surface area contributed by atoms with Gasteiger partial charge in [-0.05, 0) is 19.4 Å². The van der Waals surface area contributed by atoms with Gasteiger partial charge in [0.15, 0.2) is 5.43 Å². The summed E-state index contributed by atoms with van der Waals surface area (Å²) in [5.41, 5.74) is 2.71. The van der Waals surface area contributed by atoms with Crippen LogP contribution in [0.1, 0.15) is 11.1 Å². The Morgan fingerprint density at radius 1 is 1.21 bits per heavy atom. The summed E-state index contributed by atoms with van der Waals surface area (Å²) in [5.74, 6) is 0. The van der Waals surface area contributed by atoms with Crippen molar-refractivity contribution in [2.75, 3.05) is 0 Å². The Hall–Kier alpha value is -0.466. The molecule has 2 aromatic rings. The van der Waals surface area contributed by atoms with E-state index in [1.807, 2.05) is 25.1 Å². The van der Waals surface area contributed by atoms with Gasteiger partial charge in [-0.2, -0.15) is 6.20 Å². The smallest absolute Gasteiger partial charge is 0.185 e. The van der Waals surface area contributed by atoms with Gasteiger partial charge in [0, 0.05) is 38.1 Å². The minimum Gasteiger partial charge on any atom is -0.663 e. The third kappa shape index (κ3) is 1.96. The molecule has 0 aliphatic heterocycles. The van der Waals surface area contributed by atoms with Crippen molar-refractivity contribution in [3.05, 3.63) is 45.7 Å². The number of nitrogens with zero attached hydrogens (tertiary/aromatic N) is 1. The normalized spacial score (nSPS) is 9.86. The molecule has 14 heavy (non-hydrogen) atoms. The first-order chi connectivity index (χ1) is 6.18. The van der Waals surface area contributed by atoms with Crippen molar-refractivity contribution < 1.29 is 32.7 Å². The molecule has 2 nitrogen and oxygen atoms in total. The average molecular weight is 261 g/mol. The topological polar surface area (TPSA) is 31.2 Å². The molecule has 0 bridgehead atoms. The van der Waals surface area contributed by atoms with Crippen LogP contribution in [0.4, 0.5) is 0 Å². The van der Waals surface area contributed by atoms with Crippen LogP contribution in [0.2, 0.25) is 0 Å². The zero-order chi connectivity index (χ0) is 9.42. The van der Waals surface area contributed by atoms with Crippen molar-refractivity contribution in [2.45, 2.75) is 13.8 Å². The van der Waals surface area contributed by atoms with Crippen LogP contribution in [0, 0.1) is 13.8 Å². The van der Waals surface area contributed by atoms with E-state index >= 15 is 0 Å². The van der Waals surface area contributed by atoms with Crippen LogP contribution >= 0.6 is 0 Å². The predicted octanol–water partition coefficient (Wildman–Crippen LogP) is 1.77. The van der Waals surface area contributed by atoms with Crippen LogP contribution in [-0.2, 0) is 32.7 Å². The zero-order valence-corrected chi connectivity index (χ0v) is 11.1. The van der Waals surface area contributed by atoms with Crippen LogP contribution in [0.3, 0.4) is 0 Å². The molecule has 0 fully saturated rings. The van der Waals surface area contributed by atoms with Crippen molar-refractivity contribution in [1.29, 1.82) is 0 Å². The second-order valence-electron chi connectivity index (χ2n) is 3.29. The van der Waals surface area contributed by atoms with Gasteiger partial charge in [0.25, 0.3) is 0 Å². The third-order valence-electron chi connectivity index (χ3n) is 2.15. The van der Waals surface area contributed by atoms with Gasteiger partial charge >= 0.3 is 0 Å². The van der Waals surface area contributed by atoms with E-state index in [2.05, 4.69) is 4.98 Å². The molecule has 0 spiro atoms. The first-order valence-electron chi connectivity index (χ1n) is 4.21. The Kier molecular flexibility index (Phi) is 3.62. The predicted molar refractivity (Wildman–Crippen MR) is 53.0 cm³/mol. The summed E-state index contributed by atoms with van der Waals surface area (Å²) in [4.78, 5) is 15.8. The first-order valence-corrected chi connectivity index (χ1v) is 4.21. The van der Waals surface area contributed by atoms with Crippen LogP contribution in [0.15, 0.2) is 29.2 Å². The Bertz CT molecular complexity index is 516. The van der Waals surface area contributed by atoms with E-state index in [1.54, 1.807) is 13.1 Å². The number of hydrogen-bond donors (Lipinski definition) is 0. The van der Waals surface area contributed by atoms with Gasteiger partial charge in [0.1, 0.15) is 0 Å². The molecule has 1 aromatic carbocycles. The second kappa shape index (κ2) is 4.37. The van der Waals surface area contributed by atoms with Gasteiger partial charge < -0.3 is 4.98 Å². The van der Waals surface area contributed by atoms with E-state index in [0.717, 1.165) is 11.1 Å². The second-order valence-corrected chi connectivity index (χ2v) is 3.29. The molecule has 0 atom stereocenters. The van der Waals surface area contributed by atoms with Crippen LogP contribution < -0.4 is 10.4 Å². The molecular formula is C11H10NOY-. The van der Waals surface area contributed by atoms with Gasteiger partial charge in [-0.15, -0.1) is 5.52 Å². The van der Waals surface area contributed by atoms with Crippen molar-refractivity contribution >= 4 is 10.9 Å². The zero-order valence-electron chi connectivity index (χ0n) is 8.24. The number of pyridine rings is 1. The van der Waals surface area contributed by atoms with Crippen molar-refractivity contribution in [3.8, 4) is 0 Å². The average Bonchev–Trinajstić information content (AvgIpc) is 2.12. The van der Waals surface area contributed by atoms with E-state index in [1.165, 1.54) is 0 Å². The summed E-state index contributed by atoms with van der Waals surface area (Å²) in [7, 11) is 0. The fraction of sp³-hybridized carbons (Fsp3) is 0.182. The quantitative estimate of drug-likeness (QED) is 0.723. The van der Waals surface area contributed by atoms with Gasteiger partial charge in [-0.25, -0.2) is 0 Å². The minimum absolute atomic E-state index is 0. The molecule has 69 valence electrons. The minimum atomic E-state index is 0. The molecule has 1 heterocycles. The molecule has 1 aromatic heterocycles. The maximum absolute atomic E-state index is 11.6. The molecule has 0 aliphatic rings. The standard InChI is InChI=1S/C11H11NO.Y/c1-7-3-4-9-10(5-7)12-6-8(2)11(9)13;/h3-6H,1-2H3,(H,12,13);/p-1. The Balaban J connectivity index is 0.000000980. The van der Waals surface area contributed by atoms with E-state index in [-0.39, 0.29) is 38.1 Å². The molecule has 0 N–H and O–H groups in total. The molecule has 3 heteroatoms. The molecule has 0 unspecified atom stereocenters. The van der Waals surface area contributed by atoms with Gasteiger partial charge in [-0.3, -0.25) is 4.79 Å². The Labute approximate surface area is 108 Å². The summed E-state index contributed by atoms with van der Waals surface area (Å²) < 4.78 is 0. The third-order valence-corrected chi connectivity index (χ3v) is 2.15. The number of rotatable bonds is 0. The van der Waals surface area contributed by atoms with Gasteiger partial charge in [0.05, 0.1) is 0 Å². The molecule has 1 radical (unpaired) electrons. The SMILES string of the molecule is Cc1ccc2c(=O)c(C)c[n-]c2c1.[Y].